The number of nitrogens with zero attached hydrogens (tertiary/aromatic N) is 4. The van der Waals surface area contributed by atoms with E-state index in [1.54, 1.807) is 4.68 Å². The maximum absolute atomic E-state index is 12.0. The normalized spacial score (nSPS) is 11.2. The summed E-state index contributed by atoms with van der Waals surface area (Å²) in [4.78, 5) is 16.7. The first-order chi connectivity index (χ1) is 10.1. The molecule has 1 amide bonds. The van der Waals surface area contributed by atoms with Crippen LogP contribution in [0.25, 0.3) is 11.2 Å². The van der Waals surface area contributed by atoms with Crippen molar-refractivity contribution in [3.63, 3.8) is 0 Å². The molecule has 0 atom stereocenters. The molecular formula is C14H22ClN5O. The Labute approximate surface area is 129 Å². The lowest BCUT2D eigenvalue weighted by molar-refractivity contribution is -0.121. The topological polar surface area (TPSA) is 64.7 Å². The lowest BCUT2D eigenvalue weighted by Gasteiger charge is -2.09. The van der Waals surface area contributed by atoms with Crippen LogP contribution in [0.3, 0.4) is 0 Å². The number of fused-ring (bicyclic) bond motifs is 1. The molecule has 0 saturated carbocycles. The van der Waals surface area contributed by atoms with Crippen LogP contribution < -0.4 is 5.32 Å². The molecule has 6 nitrogen and oxygen atoms in total. The van der Waals surface area contributed by atoms with Crippen LogP contribution in [0.1, 0.15) is 31.8 Å². The van der Waals surface area contributed by atoms with Crippen molar-refractivity contribution in [1.82, 2.24) is 24.6 Å². The molecule has 2 heterocycles. The van der Waals surface area contributed by atoms with Crippen LogP contribution in [0.5, 0.6) is 0 Å². The van der Waals surface area contributed by atoms with Crippen molar-refractivity contribution < 1.29 is 4.79 Å². The van der Waals surface area contributed by atoms with Gasteiger partial charge in [-0.05, 0) is 12.8 Å². The molecule has 7 heteroatoms. The largest absolute Gasteiger partial charge is 0.355 e. The number of alkyl halides is 1. The number of carbonyl (C=O) groups excluding carboxylic acids is 1. The van der Waals surface area contributed by atoms with E-state index in [9.17, 15) is 4.79 Å². The molecule has 21 heavy (non-hydrogen) atoms. The van der Waals surface area contributed by atoms with Crippen LogP contribution in [0, 0.1) is 0 Å². The molecule has 1 N–H and O–H groups in total. The van der Waals surface area contributed by atoms with Gasteiger partial charge in [-0.3, -0.25) is 9.48 Å². The van der Waals surface area contributed by atoms with Gasteiger partial charge in [0, 0.05) is 25.9 Å². The monoisotopic (exact) mass is 311 g/mol. The number of hydrogen-bond donors (Lipinski definition) is 1. The lowest BCUT2D eigenvalue weighted by Crippen LogP contribution is -2.29. The summed E-state index contributed by atoms with van der Waals surface area (Å²) in [5, 5.41) is 7.36. The highest BCUT2D eigenvalue weighted by Gasteiger charge is 2.19. The van der Waals surface area contributed by atoms with Crippen LogP contribution in [0.4, 0.5) is 0 Å². The Kier molecular flexibility index (Phi) is 5.22. The molecular weight excluding hydrogens is 290 g/mol. The number of amides is 1. The Balaban J connectivity index is 2.40. The third-order valence-electron chi connectivity index (χ3n) is 3.40. The van der Waals surface area contributed by atoms with Gasteiger partial charge in [0.25, 0.3) is 0 Å². The SMILES string of the molecule is CCCNC(=O)Cn1c(CCCl)nc2c(CC)nn(C)c21. The number of imidazole rings is 1. The molecule has 0 aliphatic carbocycles. The van der Waals surface area contributed by atoms with Gasteiger partial charge in [0.1, 0.15) is 17.9 Å². The first-order valence-electron chi connectivity index (χ1n) is 7.35. The second-order valence-electron chi connectivity index (χ2n) is 5.00. The van der Waals surface area contributed by atoms with Crippen LogP contribution >= 0.6 is 11.6 Å². The van der Waals surface area contributed by atoms with Gasteiger partial charge in [0.05, 0.1) is 5.69 Å². The second-order valence-corrected chi connectivity index (χ2v) is 5.38. The van der Waals surface area contributed by atoms with Crippen molar-refractivity contribution in [3.05, 3.63) is 11.5 Å². The lowest BCUT2D eigenvalue weighted by atomic mass is 10.3. The predicted octanol–water partition coefficient (Wildman–Crippen LogP) is 1.64. The number of aromatic nitrogens is 4. The fraction of sp³-hybridized carbons (Fsp3) is 0.643. The molecule has 0 radical (unpaired) electrons. The zero-order valence-electron chi connectivity index (χ0n) is 12.8. The highest BCUT2D eigenvalue weighted by Crippen LogP contribution is 2.20. The van der Waals surface area contributed by atoms with Crippen molar-refractivity contribution in [2.45, 2.75) is 39.7 Å². The van der Waals surface area contributed by atoms with E-state index >= 15 is 0 Å². The third-order valence-corrected chi connectivity index (χ3v) is 3.59. The van der Waals surface area contributed by atoms with Crippen molar-refractivity contribution >= 4 is 28.7 Å². The van der Waals surface area contributed by atoms with E-state index in [-0.39, 0.29) is 12.5 Å². The van der Waals surface area contributed by atoms with Gasteiger partial charge in [-0.25, -0.2) is 4.98 Å². The van der Waals surface area contributed by atoms with Crippen LogP contribution in [0.15, 0.2) is 0 Å². The molecule has 0 bridgehead atoms. The van der Waals surface area contributed by atoms with Crippen molar-refractivity contribution in [1.29, 1.82) is 0 Å². The number of carbonyl (C=O) groups is 1. The fourth-order valence-electron chi connectivity index (χ4n) is 2.43. The number of nitrogens with one attached hydrogen (secondary N) is 1. The second kappa shape index (κ2) is 6.93. The Hall–Kier alpha value is -1.56. The molecule has 116 valence electrons. The minimum Gasteiger partial charge on any atom is -0.355 e. The summed E-state index contributed by atoms with van der Waals surface area (Å²) in [6.07, 6.45) is 2.38. The standard InChI is InChI=1S/C14H22ClN5O/c1-4-8-16-12(21)9-20-11(6-7-15)17-13-10(5-2)18-19(3)14(13)20/h4-9H2,1-3H3,(H,16,21). The Morgan fingerprint density at radius 3 is 2.76 bits per heavy atom. The molecule has 0 fully saturated rings. The molecule has 0 unspecified atom stereocenters. The smallest absolute Gasteiger partial charge is 0.240 e. The molecule has 2 aromatic rings. The summed E-state index contributed by atoms with van der Waals surface area (Å²) in [6, 6.07) is 0. The average Bonchev–Trinajstić information content (AvgIpc) is 2.96. The predicted molar refractivity (Wildman–Crippen MR) is 83.6 cm³/mol. The van der Waals surface area contributed by atoms with Crippen LogP contribution in [-0.2, 0) is 31.2 Å². The van der Waals surface area contributed by atoms with E-state index < -0.39 is 0 Å². The molecule has 0 aliphatic rings. The molecule has 2 aromatic heterocycles. The Bertz CT molecular complexity index is 631. The maximum Gasteiger partial charge on any atom is 0.240 e. The van der Waals surface area contributed by atoms with E-state index in [0.717, 1.165) is 35.5 Å². The van der Waals surface area contributed by atoms with Crippen molar-refractivity contribution in [2.75, 3.05) is 12.4 Å². The summed E-state index contributed by atoms with van der Waals surface area (Å²) >= 11 is 5.86. The van der Waals surface area contributed by atoms with E-state index in [1.165, 1.54) is 0 Å². The fourth-order valence-corrected chi connectivity index (χ4v) is 2.60. The zero-order chi connectivity index (χ0) is 15.4. The van der Waals surface area contributed by atoms with Crippen LogP contribution in [-0.4, -0.2) is 37.7 Å². The highest BCUT2D eigenvalue weighted by molar-refractivity contribution is 6.17. The van der Waals surface area contributed by atoms with E-state index in [4.69, 9.17) is 11.6 Å². The quantitative estimate of drug-likeness (QED) is 0.791. The highest BCUT2D eigenvalue weighted by atomic mass is 35.5. The first-order valence-corrected chi connectivity index (χ1v) is 7.89. The minimum absolute atomic E-state index is 0.00813. The number of aryl methyl sites for hydroxylation is 3. The first kappa shape index (κ1) is 15.8. The van der Waals surface area contributed by atoms with E-state index in [2.05, 4.69) is 22.3 Å². The molecule has 0 aliphatic heterocycles. The summed E-state index contributed by atoms with van der Waals surface area (Å²) in [5.74, 6) is 1.31. The van der Waals surface area contributed by atoms with E-state index in [0.29, 0.717) is 18.8 Å². The van der Waals surface area contributed by atoms with Gasteiger partial charge in [-0.15, -0.1) is 11.6 Å². The van der Waals surface area contributed by atoms with Gasteiger partial charge >= 0.3 is 0 Å². The zero-order valence-corrected chi connectivity index (χ0v) is 13.6. The molecule has 0 aromatic carbocycles. The van der Waals surface area contributed by atoms with Gasteiger partial charge < -0.3 is 9.88 Å². The van der Waals surface area contributed by atoms with Gasteiger partial charge in [-0.1, -0.05) is 13.8 Å². The summed E-state index contributed by atoms with van der Waals surface area (Å²) in [6.45, 7) is 5.03. The Morgan fingerprint density at radius 2 is 2.14 bits per heavy atom. The van der Waals surface area contributed by atoms with E-state index in [1.807, 2.05) is 18.5 Å². The number of halogens is 1. The van der Waals surface area contributed by atoms with Gasteiger partial charge in [0.2, 0.25) is 5.91 Å². The summed E-state index contributed by atoms with van der Waals surface area (Å²) < 4.78 is 3.72. The van der Waals surface area contributed by atoms with Crippen molar-refractivity contribution in [2.24, 2.45) is 7.05 Å². The summed E-state index contributed by atoms with van der Waals surface area (Å²) in [5.41, 5.74) is 2.72. The maximum atomic E-state index is 12.0. The van der Waals surface area contributed by atoms with Gasteiger partial charge in [-0.2, -0.15) is 5.10 Å². The molecule has 2 rings (SSSR count). The molecule has 0 spiro atoms. The minimum atomic E-state index is -0.00813. The average molecular weight is 312 g/mol. The number of rotatable bonds is 7. The third kappa shape index (κ3) is 3.20. The van der Waals surface area contributed by atoms with Gasteiger partial charge in [0.15, 0.2) is 5.65 Å². The summed E-state index contributed by atoms with van der Waals surface area (Å²) in [7, 11) is 1.88. The number of hydrogen-bond acceptors (Lipinski definition) is 3. The Morgan fingerprint density at radius 1 is 1.38 bits per heavy atom. The van der Waals surface area contributed by atoms with Crippen LogP contribution in [0.2, 0.25) is 0 Å². The van der Waals surface area contributed by atoms with Crippen molar-refractivity contribution in [3.8, 4) is 0 Å². The molecule has 0 saturated heterocycles.